The molecule has 3 rings (SSSR count). The fourth-order valence-corrected chi connectivity index (χ4v) is 3.35. The van der Waals surface area contributed by atoms with E-state index in [1.54, 1.807) is 0 Å². The van der Waals surface area contributed by atoms with Crippen LogP contribution in [-0.4, -0.2) is 0 Å². The van der Waals surface area contributed by atoms with E-state index in [0.29, 0.717) is 0 Å². The lowest BCUT2D eigenvalue weighted by molar-refractivity contribution is 1.12. The van der Waals surface area contributed by atoms with Crippen LogP contribution in [0.1, 0.15) is 27.6 Å². The van der Waals surface area contributed by atoms with Crippen molar-refractivity contribution < 1.29 is 0 Å². The van der Waals surface area contributed by atoms with Crippen molar-refractivity contribution >= 4 is 34.0 Å². The third-order valence-electron chi connectivity index (χ3n) is 3.96. The molecule has 0 bridgehead atoms. The smallest absolute Gasteiger partial charge is 0.0844 e. The van der Waals surface area contributed by atoms with E-state index in [-0.39, 0.29) is 5.38 Å². The second-order valence-corrected chi connectivity index (χ2v) is 6.25. The Morgan fingerprint density at radius 3 is 2.19 bits per heavy atom. The van der Waals surface area contributed by atoms with E-state index in [0.717, 1.165) is 21.7 Å². The normalized spacial score (nSPS) is 12.6. The van der Waals surface area contributed by atoms with E-state index in [9.17, 15) is 0 Å². The minimum atomic E-state index is -0.200. The van der Waals surface area contributed by atoms with E-state index < -0.39 is 0 Å². The molecule has 3 aromatic rings. The highest BCUT2D eigenvalue weighted by Crippen LogP contribution is 2.37. The van der Waals surface area contributed by atoms with Gasteiger partial charge in [0.15, 0.2) is 0 Å². The number of hydrogen-bond donors (Lipinski definition) is 0. The second kappa shape index (κ2) is 5.71. The number of alkyl halides is 1. The third-order valence-corrected chi connectivity index (χ3v) is 4.67. The lowest BCUT2D eigenvalue weighted by atomic mass is 9.94. The summed E-state index contributed by atoms with van der Waals surface area (Å²) in [7, 11) is 0. The van der Waals surface area contributed by atoms with Crippen molar-refractivity contribution in [2.45, 2.75) is 19.2 Å². The molecule has 0 spiro atoms. The van der Waals surface area contributed by atoms with Gasteiger partial charge in [-0.15, -0.1) is 11.6 Å². The van der Waals surface area contributed by atoms with E-state index in [1.165, 1.54) is 16.3 Å². The average Bonchev–Trinajstić information content (AvgIpc) is 2.50. The molecule has 0 aromatic heterocycles. The molecule has 0 amide bonds. The number of rotatable bonds is 2. The van der Waals surface area contributed by atoms with E-state index in [2.05, 4.69) is 50.2 Å². The molecule has 0 aliphatic heterocycles. The van der Waals surface area contributed by atoms with Crippen molar-refractivity contribution in [3.05, 3.63) is 81.9 Å². The molecule has 0 aliphatic rings. The maximum absolute atomic E-state index is 6.78. The minimum absolute atomic E-state index is 0.200. The Hall–Kier alpha value is -1.50. The van der Waals surface area contributed by atoms with Gasteiger partial charge in [-0.3, -0.25) is 0 Å². The molecule has 0 saturated carbocycles. The first-order valence-corrected chi connectivity index (χ1v) is 7.78. The maximum Gasteiger partial charge on any atom is 0.0844 e. The predicted octanol–water partition coefficient (Wildman–Crippen LogP) is 6.44. The Morgan fingerprint density at radius 2 is 1.43 bits per heavy atom. The van der Waals surface area contributed by atoms with Crippen LogP contribution < -0.4 is 0 Å². The van der Waals surface area contributed by atoms with Crippen LogP contribution in [0.5, 0.6) is 0 Å². The van der Waals surface area contributed by atoms with Crippen LogP contribution in [0.3, 0.4) is 0 Å². The molecule has 0 heterocycles. The van der Waals surface area contributed by atoms with Gasteiger partial charge in [-0.25, -0.2) is 0 Å². The molecule has 0 aliphatic carbocycles. The van der Waals surface area contributed by atoms with Gasteiger partial charge in [0.2, 0.25) is 0 Å². The van der Waals surface area contributed by atoms with Gasteiger partial charge in [-0.05, 0) is 59.0 Å². The zero-order chi connectivity index (χ0) is 15.0. The van der Waals surface area contributed by atoms with Crippen LogP contribution in [0.2, 0.25) is 5.02 Å². The molecule has 2 heteroatoms. The van der Waals surface area contributed by atoms with Gasteiger partial charge in [0.1, 0.15) is 0 Å². The molecule has 1 unspecified atom stereocenters. The summed E-state index contributed by atoms with van der Waals surface area (Å²) in [4.78, 5) is 0. The molecule has 0 saturated heterocycles. The van der Waals surface area contributed by atoms with Gasteiger partial charge < -0.3 is 0 Å². The standard InChI is InChI=1S/C19H16Cl2/c1-12-8-10-17(16-6-4-3-5-15(12)16)19(21)18-11-14(20)9-7-13(18)2/h3-11,19H,1-2H3. The van der Waals surface area contributed by atoms with Crippen molar-refractivity contribution in [3.63, 3.8) is 0 Å². The average molecular weight is 315 g/mol. The minimum Gasteiger partial charge on any atom is -0.113 e. The largest absolute Gasteiger partial charge is 0.113 e. The number of halogens is 2. The van der Waals surface area contributed by atoms with Crippen molar-refractivity contribution in [2.24, 2.45) is 0 Å². The summed E-state index contributed by atoms with van der Waals surface area (Å²) in [5, 5.41) is 2.98. The molecule has 21 heavy (non-hydrogen) atoms. The summed E-state index contributed by atoms with van der Waals surface area (Å²) >= 11 is 12.9. The van der Waals surface area contributed by atoms with Crippen LogP contribution in [0.4, 0.5) is 0 Å². The quantitative estimate of drug-likeness (QED) is 0.477. The highest BCUT2D eigenvalue weighted by atomic mass is 35.5. The Bertz CT molecular complexity index is 806. The third kappa shape index (κ3) is 2.66. The lowest BCUT2D eigenvalue weighted by Gasteiger charge is -2.17. The Kier molecular flexibility index (Phi) is 3.93. The second-order valence-electron chi connectivity index (χ2n) is 5.38. The zero-order valence-electron chi connectivity index (χ0n) is 12.0. The molecule has 1 atom stereocenters. The van der Waals surface area contributed by atoms with Gasteiger partial charge in [0.05, 0.1) is 5.38 Å². The summed E-state index contributed by atoms with van der Waals surface area (Å²) < 4.78 is 0. The van der Waals surface area contributed by atoms with Crippen LogP contribution in [0, 0.1) is 13.8 Å². The zero-order valence-corrected chi connectivity index (χ0v) is 13.5. The number of benzene rings is 3. The van der Waals surface area contributed by atoms with E-state index >= 15 is 0 Å². The van der Waals surface area contributed by atoms with Crippen molar-refractivity contribution in [3.8, 4) is 0 Å². The molecule has 0 fully saturated rings. The van der Waals surface area contributed by atoms with Gasteiger partial charge in [0.25, 0.3) is 0 Å². The van der Waals surface area contributed by atoms with Crippen molar-refractivity contribution in [1.82, 2.24) is 0 Å². The number of aryl methyl sites for hydroxylation is 2. The molecule has 0 N–H and O–H groups in total. The first kappa shape index (κ1) is 14.4. The SMILES string of the molecule is Cc1ccc(Cl)cc1C(Cl)c1ccc(C)c2ccccc12. The van der Waals surface area contributed by atoms with Crippen molar-refractivity contribution in [2.75, 3.05) is 0 Å². The van der Waals surface area contributed by atoms with Crippen LogP contribution in [0.25, 0.3) is 10.8 Å². The fraction of sp³-hybridized carbons (Fsp3) is 0.158. The fourth-order valence-electron chi connectivity index (χ4n) is 2.75. The van der Waals surface area contributed by atoms with Gasteiger partial charge >= 0.3 is 0 Å². The van der Waals surface area contributed by atoms with Crippen LogP contribution in [0.15, 0.2) is 54.6 Å². The number of fused-ring (bicyclic) bond motifs is 1. The summed E-state index contributed by atoms with van der Waals surface area (Å²) in [5.41, 5.74) is 4.62. The molecule has 3 aromatic carbocycles. The Morgan fingerprint density at radius 1 is 0.762 bits per heavy atom. The van der Waals surface area contributed by atoms with E-state index in [4.69, 9.17) is 23.2 Å². The monoisotopic (exact) mass is 314 g/mol. The summed E-state index contributed by atoms with van der Waals surface area (Å²) in [6, 6.07) is 18.5. The van der Waals surface area contributed by atoms with E-state index in [1.807, 2.05) is 18.2 Å². The van der Waals surface area contributed by atoms with Crippen LogP contribution in [-0.2, 0) is 0 Å². The molecule has 106 valence electrons. The van der Waals surface area contributed by atoms with Gasteiger partial charge in [0, 0.05) is 5.02 Å². The highest BCUT2D eigenvalue weighted by molar-refractivity contribution is 6.31. The van der Waals surface area contributed by atoms with Gasteiger partial charge in [-0.2, -0.15) is 0 Å². The highest BCUT2D eigenvalue weighted by Gasteiger charge is 2.16. The lowest BCUT2D eigenvalue weighted by Crippen LogP contribution is -1.98. The predicted molar refractivity (Wildman–Crippen MR) is 92.6 cm³/mol. The molecular formula is C19H16Cl2. The molecule has 0 nitrogen and oxygen atoms in total. The first-order chi connectivity index (χ1) is 10.1. The first-order valence-electron chi connectivity index (χ1n) is 6.96. The Balaban J connectivity index is 2.20. The molecular weight excluding hydrogens is 299 g/mol. The topological polar surface area (TPSA) is 0 Å². The molecule has 0 radical (unpaired) electrons. The Labute approximate surface area is 135 Å². The van der Waals surface area contributed by atoms with Crippen LogP contribution >= 0.6 is 23.2 Å². The summed E-state index contributed by atoms with van der Waals surface area (Å²) in [6.07, 6.45) is 0. The van der Waals surface area contributed by atoms with Crippen molar-refractivity contribution in [1.29, 1.82) is 0 Å². The summed E-state index contributed by atoms with van der Waals surface area (Å²) in [5.74, 6) is 0. The van der Waals surface area contributed by atoms with Gasteiger partial charge in [-0.1, -0.05) is 54.1 Å². The summed E-state index contributed by atoms with van der Waals surface area (Å²) in [6.45, 7) is 4.19. The number of hydrogen-bond acceptors (Lipinski definition) is 0. The maximum atomic E-state index is 6.78.